The number of nitrogens with zero attached hydrogens (tertiary/aromatic N) is 4. The minimum Gasteiger partial charge on any atom is -0.353 e. The van der Waals surface area contributed by atoms with Crippen molar-refractivity contribution in [1.82, 2.24) is 14.9 Å². The summed E-state index contributed by atoms with van der Waals surface area (Å²) in [5.74, 6) is 2.30. The zero-order valence-electron chi connectivity index (χ0n) is 14.9. The lowest BCUT2D eigenvalue weighted by Gasteiger charge is -2.36. The van der Waals surface area contributed by atoms with Crippen molar-refractivity contribution >= 4 is 33.3 Å². The number of amides is 1. The first-order chi connectivity index (χ1) is 12.1. The number of thiophene rings is 1. The highest BCUT2D eigenvalue weighted by Crippen LogP contribution is 2.39. The number of rotatable bonds is 3. The molecule has 1 saturated carbocycles. The van der Waals surface area contributed by atoms with Crippen molar-refractivity contribution in [2.24, 2.45) is 11.8 Å². The molecular formula is C19H24N4OS. The highest BCUT2D eigenvalue weighted by atomic mass is 32.1. The number of hydrogen-bond donors (Lipinski definition) is 0. The fourth-order valence-electron chi connectivity index (χ4n) is 4.44. The average molecular weight is 356 g/mol. The number of piperidine rings is 1. The molecule has 4 fully saturated rings. The van der Waals surface area contributed by atoms with Crippen molar-refractivity contribution in [3.8, 4) is 0 Å². The Labute approximate surface area is 152 Å². The normalized spacial score (nSPS) is 26.6. The Morgan fingerprint density at radius 3 is 2.80 bits per heavy atom. The molecule has 4 aliphatic rings. The Morgan fingerprint density at radius 1 is 1.16 bits per heavy atom. The van der Waals surface area contributed by atoms with Gasteiger partial charge in [-0.3, -0.25) is 4.79 Å². The molecule has 0 unspecified atom stereocenters. The van der Waals surface area contributed by atoms with Gasteiger partial charge in [-0.1, -0.05) is 0 Å². The van der Waals surface area contributed by atoms with Crippen LogP contribution in [0.5, 0.6) is 0 Å². The summed E-state index contributed by atoms with van der Waals surface area (Å²) in [5, 5.41) is 1.19. The molecule has 6 rings (SSSR count). The van der Waals surface area contributed by atoms with E-state index in [-0.39, 0.29) is 5.92 Å². The SMILES string of the molecule is Cc1sc2ncnc(N3C[C@@H]4CC[C@H](C3)N(CC3CC3)C4=O)c2c1C. The van der Waals surface area contributed by atoms with E-state index < -0.39 is 0 Å². The lowest BCUT2D eigenvalue weighted by atomic mass is 9.94. The van der Waals surface area contributed by atoms with Crippen molar-refractivity contribution in [3.63, 3.8) is 0 Å². The van der Waals surface area contributed by atoms with Gasteiger partial charge in [0.05, 0.1) is 11.3 Å². The second-order valence-electron chi connectivity index (χ2n) is 7.93. The van der Waals surface area contributed by atoms with E-state index in [1.165, 1.54) is 28.7 Å². The van der Waals surface area contributed by atoms with Gasteiger partial charge in [0, 0.05) is 30.6 Å². The Morgan fingerprint density at radius 2 is 2.00 bits per heavy atom. The number of carbonyl (C=O) groups excluding carboxylic acids is 1. The minimum absolute atomic E-state index is 0.127. The van der Waals surface area contributed by atoms with Crippen LogP contribution >= 0.6 is 11.3 Å². The number of aromatic nitrogens is 2. The van der Waals surface area contributed by atoms with E-state index in [9.17, 15) is 4.79 Å². The Bertz CT molecular complexity index is 843. The van der Waals surface area contributed by atoms with E-state index in [1.807, 2.05) is 0 Å². The lowest BCUT2D eigenvalue weighted by Crippen LogP contribution is -2.48. The van der Waals surface area contributed by atoms with Gasteiger partial charge in [-0.25, -0.2) is 9.97 Å². The third kappa shape index (κ3) is 2.53. The molecule has 0 N–H and O–H groups in total. The van der Waals surface area contributed by atoms with Crippen LogP contribution in [-0.2, 0) is 4.79 Å². The van der Waals surface area contributed by atoms with Gasteiger partial charge in [-0.2, -0.15) is 0 Å². The molecule has 3 saturated heterocycles. The zero-order valence-corrected chi connectivity index (χ0v) is 15.7. The van der Waals surface area contributed by atoms with Gasteiger partial charge in [-0.05, 0) is 51.0 Å². The summed E-state index contributed by atoms with van der Waals surface area (Å²) >= 11 is 1.74. The highest BCUT2D eigenvalue weighted by Gasteiger charge is 2.43. The molecule has 6 heteroatoms. The molecule has 1 amide bonds. The molecule has 2 aromatic rings. The van der Waals surface area contributed by atoms with Crippen LogP contribution in [0.3, 0.4) is 0 Å². The molecule has 132 valence electrons. The predicted octanol–water partition coefficient (Wildman–Crippen LogP) is 3.15. The second-order valence-corrected chi connectivity index (χ2v) is 9.13. The predicted molar refractivity (Wildman–Crippen MR) is 100 cm³/mol. The third-order valence-electron chi connectivity index (χ3n) is 6.19. The maximum atomic E-state index is 13.0. The van der Waals surface area contributed by atoms with E-state index in [0.717, 1.165) is 49.0 Å². The van der Waals surface area contributed by atoms with Crippen LogP contribution in [0.15, 0.2) is 6.33 Å². The van der Waals surface area contributed by atoms with Crippen LogP contribution in [0, 0.1) is 25.7 Å². The van der Waals surface area contributed by atoms with E-state index in [4.69, 9.17) is 0 Å². The zero-order chi connectivity index (χ0) is 17.1. The summed E-state index contributed by atoms with van der Waals surface area (Å²) in [6.45, 7) is 7.01. The van der Waals surface area contributed by atoms with E-state index >= 15 is 0 Å². The number of anilines is 1. The third-order valence-corrected chi connectivity index (χ3v) is 7.31. The van der Waals surface area contributed by atoms with E-state index in [0.29, 0.717) is 11.9 Å². The van der Waals surface area contributed by atoms with Gasteiger partial charge in [0.15, 0.2) is 0 Å². The first-order valence-corrected chi connectivity index (χ1v) is 10.2. The Hall–Kier alpha value is -1.69. The molecule has 25 heavy (non-hydrogen) atoms. The monoisotopic (exact) mass is 356 g/mol. The first-order valence-electron chi connectivity index (χ1n) is 9.38. The summed E-state index contributed by atoms with van der Waals surface area (Å²) in [6, 6.07) is 0.344. The van der Waals surface area contributed by atoms with Crippen molar-refractivity contribution in [1.29, 1.82) is 0 Å². The molecule has 5 heterocycles. The maximum Gasteiger partial charge on any atom is 0.227 e. The van der Waals surface area contributed by atoms with Gasteiger partial charge in [0.1, 0.15) is 17.0 Å². The number of hydrogen-bond acceptors (Lipinski definition) is 5. The first kappa shape index (κ1) is 15.6. The highest BCUT2D eigenvalue weighted by molar-refractivity contribution is 7.18. The molecule has 3 aliphatic heterocycles. The van der Waals surface area contributed by atoms with Gasteiger partial charge in [-0.15, -0.1) is 11.3 Å². The van der Waals surface area contributed by atoms with Crippen LogP contribution in [0.25, 0.3) is 10.2 Å². The van der Waals surface area contributed by atoms with E-state index in [2.05, 4.69) is 33.6 Å². The van der Waals surface area contributed by atoms with Crippen LogP contribution in [0.2, 0.25) is 0 Å². The summed E-state index contributed by atoms with van der Waals surface area (Å²) in [4.78, 5) is 29.0. The number of carbonyl (C=O) groups is 1. The van der Waals surface area contributed by atoms with Crippen molar-refractivity contribution in [2.75, 3.05) is 24.5 Å². The van der Waals surface area contributed by atoms with E-state index in [1.54, 1.807) is 17.7 Å². The summed E-state index contributed by atoms with van der Waals surface area (Å²) in [6.07, 6.45) is 6.44. The number of fused-ring (bicyclic) bond motifs is 5. The lowest BCUT2D eigenvalue weighted by molar-refractivity contribution is -0.140. The van der Waals surface area contributed by atoms with Gasteiger partial charge < -0.3 is 9.80 Å². The summed E-state index contributed by atoms with van der Waals surface area (Å²) < 4.78 is 0. The molecular weight excluding hydrogens is 332 g/mol. The van der Waals surface area contributed by atoms with Crippen LogP contribution in [-0.4, -0.2) is 46.5 Å². The summed E-state index contributed by atoms with van der Waals surface area (Å²) in [5.41, 5.74) is 1.29. The number of aryl methyl sites for hydroxylation is 2. The molecule has 0 spiro atoms. The summed E-state index contributed by atoms with van der Waals surface area (Å²) in [7, 11) is 0. The van der Waals surface area contributed by atoms with Crippen molar-refractivity contribution in [2.45, 2.75) is 45.6 Å². The second kappa shape index (κ2) is 5.66. The topological polar surface area (TPSA) is 49.3 Å². The molecule has 0 aromatic carbocycles. The van der Waals surface area contributed by atoms with Crippen molar-refractivity contribution in [3.05, 3.63) is 16.8 Å². The molecule has 2 atom stereocenters. The smallest absolute Gasteiger partial charge is 0.227 e. The Kier molecular flexibility index (Phi) is 3.52. The average Bonchev–Trinajstić information content (AvgIpc) is 3.41. The molecule has 1 aliphatic carbocycles. The van der Waals surface area contributed by atoms with Gasteiger partial charge in [0.2, 0.25) is 5.91 Å². The largest absolute Gasteiger partial charge is 0.353 e. The van der Waals surface area contributed by atoms with Crippen LogP contribution in [0.4, 0.5) is 5.82 Å². The van der Waals surface area contributed by atoms with Crippen LogP contribution in [0.1, 0.15) is 36.1 Å². The van der Waals surface area contributed by atoms with Crippen molar-refractivity contribution < 1.29 is 4.79 Å². The Balaban J connectivity index is 1.52. The molecule has 5 nitrogen and oxygen atoms in total. The molecule has 2 bridgehead atoms. The fourth-order valence-corrected chi connectivity index (χ4v) is 5.43. The van der Waals surface area contributed by atoms with Gasteiger partial charge >= 0.3 is 0 Å². The maximum absolute atomic E-state index is 13.0. The quantitative estimate of drug-likeness (QED) is 0.848. The van der Waals surface area contributed by atoms with Crippen LogP contribution < -0.4 is 4.90 Å². The fraction of sp³-hybridized carbons (Fsp3) is 0.632. The molecule has 0 radical (unpaired) electrons. The van der Waals surface area contributed by atoms with Gasteiger partial charge in [0.25, 0.3) is 0 Å². The molecule has 2 aromatic heterocycles. The minimum atomic E-state index is 0.127. The standard InChI is InChI=1S/C19H24N4OS/c1-11-12(2)25-18-16(11)17(20-10-21-18)22-8-14-5-6-15(9-22)23(19(14)24)7-13-3-4-13/h10,13-15H,3-9H2,1-2H3/t14-,15+/m0/s1.